The lowest BCUT2D eigenvalue weighted by molar-refractivity contribution is 0.582. The highest BCUT2D eigenvalue weighted by molar-refractivity contribution is 9.10. The molecule has 0 radical (unpaired) electrons. The van der Waals surface area contributed by atoms with Crippen molar-refractivity contribution in [1.29, 1.82) is 0 Å². The zero-order valence-electron chi connectivity index (χ0n) is 13.0. The van der Waals surface area contributed by atoms with Crippen molar-refractivity contribution in [2.75, 3.05) is 18.6 Å². The first kappa shape index (κ1) is 17.2. The van der Waals surface area contributed by atoms with Crippen molar-refractivity contribution in [3.63, 3.8) is 0 Å². The fourth-order valence-corrected chi connectivity index (χ4v) is 3.82. The third kappa shape index (κ3) is 3.72. The summed E-state index contributed by atoms with van der Waals surface area (Å²) in [7, 11) is -2.54. The third-order valence-electron chi connectivity index (χ3n) is 3.35. The summed E-state index contributed by atoms with van der Waals surface area (Å²) in [6, 6.07) is 9.31. The predicted molar refractivity (Wildman–Crippen MR) is 101 cm³/mol. The van der Waals surface area contributed by atoms with Gasteiger partial charge in [-0.05, 0) is 71.2 Å². The average molecular weight is 427 g/mol. The fraction of sp³-hybridized carbons (Fsp3) is 0.125. The normalized spacial score (nSPS) is 11.5. The number of rotatable bonds is 4. The van der Waals surface area contributed by atoms with Gasteiger partial charge in [-0.1, -0.05) is 0 Å². The van der Waals surface area contributed by atoms with Gasteiger partial charge in [-0.2, -0.15) is 4.98 Å². The van der Waals surface area contributed by atoms with E-state index in [1.165, 1.54) is 0 Å². The second-order valence-electron chi connectivity index (χ2n) is 5.52. The van der Waals surface area contributed by atoms with Gasteiger partial charge in [0.05, 0.1) is 16.4 Å². The monoisotopic (exact) mass is 425 g/mol. The standard InChI is InChI=1S/C16H14BrClN3O2P/c1-24(2,22)14-8-10(13-4-3-7-23-13)5-6-12(14)20-15-11(17)9-19-16(18)21-15/h3-9H,1-2H3,(H,19,20,21). The van der Waals surface area contributed by atoms with Crippen molar-refractivity contribution in [2.45, 2.75) is 0 Å². The Bertz CT molecular complexity index is 925. The molecule has 0 aliphatic heterocycles. The second-order valence-corrected chi connectivity index (χ2v) is 9.90. The van der Waals surface area contributed by atoms with Crippen molar-refractivity contribution in [2.24, 2.45) is 0 Å². The van der Waals surface area contributed by atoms with Crippen LogP contribution in [0.5, 0.6) is 0 Å². The van der Waals surface area contributed by atoms with Gasteiger partial charge in [-0.15, -0.1) is 0 Å². The number of aromatic nitrogens is 2. The molecule has 0 bridgehead atoms. The van der Waals surface area contributed by atoms with Gasteiger partial charge in [0.25, 0.3) is 0 Å². The van der Waals surface area contributed by atoms with Crippen LogP contribution >= 0.6 is 34.7 Å². The molecular formula is C16H14BrClN3O2P. The molecule has 0 unspecified atom stereocenters. The molecule has 3 aromatic rings. The van der Waals surface area contributed by atoms with Crippen LogP contribution in [-0.2, 0) is 4.57 Å². The molecule has 0 aliphatic rings. The zero-order valence-corrected chi connectivity index (χ0v) is 16.2. The van der Waals surface area contributed by atoms with Crippen LogP contribution in [0.1, 0.15) is 0 Å². The molecule has 0 amide bonds. The van der Waals surface area contributed by atoms with E-state index in [4.69, 9.17) is 16.0 Å². The maximum Gasteiger partial charge on any atom is 0.224 e. The van der Waals surface area contributed by atoms with E-state index in [0.29, 0.717) is 21.3 Å². The molecule has 2 aromatic heterocycles. The Hall–Kier alpha value is -1.62. The first-order valence-electron chi connectivity index (χ1n) is 7.03. The lowest BCUT2D eigenvalue weighted by atomic mass is 10.1. The van der Waals surface area contributed by atoms with Crippen LogP contribution in [0.3, 0.4) is 0 Å². The Labute approximate surface area is 153 Å². The zero-order chi connectivity index (χ0) is 17.3. The van der Waals surface area contributed by atoms with Crippen molar-refractivity contribution in [3.05, 3.63) is 52.5 Å². The summed E-state index contributed by atoms with van der Waals surface area (Å²) in [6.07, 6.45) is 3.17. The van der Waals surface area contributed by atoms with Crippen molar-refractivity contribution < 1.29 is 8.98 Å². The number of hydrogen-bond acceptors (Lipinski definition) is 5. The summed E-state index contributed by atoms with van der Waals surface area (Å²) < 4.78 is 18.8. The van der Waals surface area contributed by atoms with Crippen LogP contribution in [0.25, 0.3) is 11.3 Å². The number of nitrogens with one attached hydrogen (secondary N) is 1. The lowest BCUT2D eigenvalue weighted by Gasteiger charge is -2.16. The largest absolute Gasteiger partial charge is 0.464 e. The molecule has 5 nitrogen and oxygen atoms in total. The molecule has 3 rings (SSSR count). The van der Waals surface area contributed by atoms with E-state index in [1.807, 2.05) is 30.3 Å². The Morgan fingerprint density at radius 2 is 2.08 bits per heavy atom. The Morgan fingerprint density at radius 3 is 2.75 bits per heavy atom. The topological polar surface area (TPSA) is 68.0 Å². The smallest absolute Gasteiger partial charge is 0.224 e. The summed E-state index contributed by atoms with van der Waals surface area (Å²) in [5, 5.41) is 4.01. The predicted octanol–water partition coefficient (Wildman–Crippen LogP) is 5.14. The van der Waals surface area contributed by atoms with Gasteiger partial charge >= 0.3 is 0 Å². The average Bonchev–Trinajstić information content (AvgIpc) is 3.04. The summed E-state index contributed by atoms with van der Waals surface area (Å²) in [5.74, 6) is 1.23. The Kier molecular flexibility index (Phi) is 4.81. The molecule has 24 heavy (non-hydrogen) atoms. The lowest BCUT2D eigenvalue weighted by Crippen LogP contribution is -2.11. The highest BCUT2D eigenvalue weighted by atomic mass is 79.9. The SMILES string of the molecule is CP(C)(=O)c1cc(-c2ccco2)ccc1Nc1nc(Cl)ncc1Br. The summed E-state index contributed by atoms with van der Waals surface area (Å²) in [6.45, 7) is 3.45. The molecule has 0 fully saturated rings. The van der Waals surface area contributed by atoms with Crippen LogP contribution in [0, 0.1) is 0 Å². The minimum Gasteiger partial charge on any atom is -0.464 e. The maximum absolute atomic E-state index is 12.8. The molecule has 2 heterocycles. The first-order chi connectivity index (χ1) is 11.3. The molecule has 0 aliphatic carbocycles. The van der Waals surface area contributed by atoms with Gasteiger partial charge in [0.1, 0.15) is 18.7 Å². The van der Waals surface area contributed by atoms with Gasteiger partial charge in [-0.25, -0.2) is 4.98 Å². The van der Waals surface area contributed by atoms with E-state index in [-0.39, 0.29) is 5.28 Å². The highest BCUT2D eigenvalue weighted by Gasteiger charge is 2.19. The molecule has 0 saturated heterocycles. The quantitative estimate of drug-likeness (QED) is 0.462. The molecule has 8 heteroatoms. The fourth-order valence-electron chi connectivity index (χ4n) is 2.24. The molecule has 0 atom stereocenters. The van der Waals surface area contributed by atoms with E-state index < -0.39 is 7.14 Å². The van der Waals surface area contributed by atoms with E-state index in [9.17, 15) is 4.57 Å². The third-order valence-corrected chi connectivity index (χ3v) is 5.64. The molecule has 1 N–H and O–H groups in total. The number of benzene rings is 1. The summed E-state index contributed by atoms with van der Waals surface area (Å²) in [5.41, 5.74) is 1.57. The molecule has 1 aromatic carbocycles. The molecule has 124 valence electrons. The molecular weight excluding hydrogens is 413 g/mol. The van der Waals surface area contributed by atoms with Gasteiger partial charge in [-0.3, -0.25) is 0 Å². The van der Waals surface area contributed by atoms with Gasteiger partial charge < -0.3 is 14.3 Å². The van der Waals surface area contributed by atoms with Crippen molar-refractivity contribution in [1.82, 2.24) is 9.97 Å². The number of nitrogens with zero attached hydrogens (tertiary/aromatic N) is 2. The van der Waals surface area contributed by atoms with Gasteiger partial charge in [0, 0.05) is 17.1 Å². The van der Waals surface area contributed by atoms with Crippen LogP contribution < -0.4 is 10.6 Å². The first-order valence-corrected chi connectivity index (χ1v) is 10.8. The summed E-state index contributed by atoms with van der Waals surface area (Å²) in [4.78, 5) is 8.05. The minimum absolute atomic E-state index is 0.130. The highest BCUT2D eigenvalue weighted by Crippen LogP contribution is 2.40. The summed E-state index contributed by atoms with van der Waals surface area (Å²) >= 11 is 9.23. The van der Waals surface area contributed by atoms with Crippen molar-refractivity contribution >= 4 is 51.5 Å². The maximum atomic E-state index is 12.8. The van der Waals surface area contributed by atoms with Crippen LogP contribution in [0.2, 0.25) is 5.28 Å². The van der Waals surface area contributed by atoms with Crippen molar-refractivity contribution in [3.8, 4) is 11.3 Å². The number of anilines is 2. The Morgan fingerprint density at radius 1 is 1.29 bits per heavy atom. The van der Waals surface area contributed by atoms with Crippen LogP contribution in [-0.4, -0.2) is 23.3 Å². The Balaban J connectivity index is 2.07. The van der Waals surface area contributed by atoms with E-state index in [0.717, 1.165) is 11.3 Å². The molecule has 0 spiro atoms. The van der Waals surface area contributed by atoms with Crippen LogP contribution in [0.4, 0.5) is 11.5 Å². The number of furan rings is 1. The number of halogens is 2. The van der Waals surface area contributed by atoms with E-state index in [1.54, 1.807) is 25.8 Å². The van der Waals surface area contributed by atoms with Gasteiger partial charge in [0.2, 0.25) is 5.28 Å². The van der Waals surface area contributed by atoms with Crippen LogP contribution in [0.15, 0.2) is 51.7 Å². The van der Waals surface area contributed by atoms with E-state index in [2.05, 4.69) is 31.2 Å². The second kappa shape index (κ2) is 6.71. The minimum atomic E-state index is -2.54. The van der Waals surface area contributed by atoms with Gasteiger partial charge in [0.15, 0.2) is 0 Å². The van der Waals surface area contributed by atoms with E-state index >= 15 is 0 Å². The number of hydrogen-bond donors (Lipinski definition) is 1. The molecule has 0 saturated carbocycles.